The van der Waals surface area contributed by atoms with E-state index in [9.17, 15) is 0 Å². The molecule has 1 aliphatic carbocycles. The molecule has 2 fully saturated rings. The van der Waals surface area contributed by atoms with Crippen LogP contribution in [0.25, 0.3) is 0 Å². The van der Waals surface area contributed by atoms with Gasteiger partial charge in [0, 0.05) is 30.0 Å². The Hall–Kier alpha value is -0.420. The lowest BCUT2D eigenvalue weighted by molar-refractivity contribution is 0.228. The standard InChI is InChI=1S/C13H25N3OS/c1-12(2)5-6-16(7-8-18-12)10-13(3-4-13)9-11(14)15-17/h17H,3-10H2,1-2H3,(H2,14,15). The molecule has 1 heterocycles. The van der Waals surface area contributed by atoms with Crippen molar-refractivity contribution in [1.82, 2.24) is 4.90 Å². The molecule has 0 aromatic heterocycles. The minimum absolute atomic E-state index is 0.301. The summed E-state index contributed by atoms with van der Waals surface area (Å²) in [5.74, 6) is 1.60. The van der Waals surface area contributed by atoms with Crippen molar-refractivity contribution >= 4 is 17.6 Å². The van der Waals surface area contributed by atoms with Gasteiger partial charge in [0.05, 0.1) is 0 Å². The van der Waals surface area contributed by atoms with E-state index >= 15 is 0 Å². The molecule has 2 aliphatic rings. The lowest BCUT2D eigenvalue weighted by Gasteiger charge is -2.26. The summed E-state index contributed by atoms with van der Waals surface area (Å²) in [6.07, 6.45) is 4.43. The zero-order valence-electron chi connectivity index (χ0n) is 11.5. The fraction of sp³-hybridized carbons (Fsp3) is 0.923. The second kappa shape index (κ2) is 5.29. The fourth-order valence-corrected chi connectivity index (χ4v) is 3.82. The Morgan fingerprint density at radius 1 is 1.33 bits per heavy atom. The molecule has 0 bridgehead atoms. The van der Waals surface area contributed by atoms with E-state index in [2.05, 4.69) is 35.7 Å². The summed E-state index contributed by atoms with van der Waals surface area (Å²) in [7, 11) is 0. The molecule has 0 spiro atoms. The Balaban J connectivity index is 1.86. The summed E-state index contributed by atoms with van der Waals surface area (Å²) in [6, 6.07) is 0. The molecule has 0 aromatic rings. The molecule has 4 nitrogen and oxygen atoms in total. The highest BCUT2D eigenvalue weighted by molar-refractivity contribution is 8.00. The van der Waals surface area contributed by atoms with Gasteiger partial charge < -0.3 is 15.8 Å². The van der Waals surface area contributed by atoms with Crippen molar-refractivity contribution in [2.24, 2.45) is 16.3 Å². The molecule has 2 rings (SSSR count). The molecule has 0 unspecified atom stereocenters. The molecule has 1 aliphatic heterocycles. The van der Waals surface area contributed by atoms with Crippen LogP contribution in [0.2, 0.25) is 0 Å². The molecule has 3 N–H and O–H groups in total. The quantitative estimate of drug-likeness (QED) is 0.356. The van der Waals surface area contributed by atoms with E-state index in [4.69, 9.17) is 10.9 Å². The molecular formula is C13H25N3OS. The van der Waals surface area contributed by atoms with Crippen LogP contribution in [0.3, 0.4) is 0 Å². The number of rotatable bonds is 4. The number of nitrogens with zero attached hydrogens (tertiary/aromatic N) is 2. The lowest BCUT2D eigenvalue weighted by Crippen LogP contribution is -2.35. The first-order valence-corrected chi connectivity index (χ1v) is 7.76. The Morgan fingerprint density at radius 3 is 2.67 bits per heavy atom. The van der Waals surface area contributed by atoms with E-state index in [-0.39, 0.29) is 0 Å². The van der Waals surface area contributed by atoms with E-state index in [0.717, 1.165) is 13.0 Å². The predicted molar refractivity (Wildman–Crippen MR) is 77.3 cm³/mol. The van der Waals surface area contributed by atoms with Crippen LogP contribution in [-0.4, -0.2) is 46.1 Å². The van der Waals surface area contributed by atoms with Gasteiger partial charge in [-0.3, -0.25) is 0 Å². The summed E-state index contributed by atoms with van der Waals surface area (Å²) < 4.78 is 0.414. The van der Waals surface area contributed by atoms with E-state index in [1.165, 1.54) is 38.1 Å². The second-order valence-electron chi connectivity index (χ2n) is 6.40. The first-order chi connectivity index (χ1) is 8.45. The first-order valence-electron chi connectivity index (χ1n) is 6.78. The summed E-state index contributed by atoms with van der Waals surface area (Å²) in [5, 5.41) is 11.8. The SMILES string of the molecule is CC1(C)CCN(CC2(CC(N)=NO)CC2)CCS1. The highest BCUT2D eigenvalue weighted by Crippen LogP contribution is 2.49. The molecule has 1 saturated carbocycles. The first kappa shape index (κ1) is 14.0. The molecule has 18 heavy (non-hydrogen) atoms. The smallest absolute Gasteiger partial charge is 0.139 e. The second-order valence-corrected chi connectivity index (χ2v) is 8.20. The molecule has 5 heteroatoms. The van der Waals surface area contributed by atoms with E-state index in [1.807, 2.05) is 0 Å². The van der Waals surface area contributed by atoms with Crippen LogP contribution in [0.5, 0.6) is 0 Å². The molecule has 0 aromatic carbocycles. The third-order valence-electron chi connectivity index (χ3n) is 4.13. The van der Waals surface area contributed by atoms with Crippen LogP contribution in [0, 0.1) is 5.41 Å². The van der Waals surface area contributed by atoms with Crippen LogP contribution in [0.1, 0.15) is 39.5 Å². The summed E-state index contributed by atoms with van der Waals surface area (Å²) >= 11 is 2.08. The van der Waals surface area contributed by atoms with Crippen molar-refractivity contribution in [3.05, 3.63) is 0 Å². The van der Waals surface area contributed by atoms with Crippen LogP contribution in [0.15, 0.2) is 5.16 Å². The van der Waals surface area contributed by atoms with Crippen molar-refractivity contribution in [3.63, 3.8) is 0 Å². The molecule has 0 atom stereocenters. The molecule has 0 radical (unpaired) electrons. The third-order valence-corrected chi connectivity index (χ3v) is 5.50. The van der Waals surface area contributed by atoms with Crippen LogP contribution >= 0.6 is 11.8 Å². The van der Waals surface area contributed by atoms with E-state index < -0.39 is 0 Å². The summed E-state index contributed by atoms with van der Waals surface area (Å²) in [5.41, 5.74) is 5.96. The van der Waals surface area contributed by atoms with Crippen molar-refractivity contribution in [2.45, 2.75) is 44.3 Å². The van der Waals surface area contributed by atoms with E-state index in [0.29, 0.717) is 16.0 Å². The number of oxime groups is 1. The van der Waals surface area contributed by atoms with Gasteiger partial charge in [-0.1, -0.05) is 19.0 Å². The molecule has 1 saturated heterocycles. The average molecular weight is 271 g/mol. The highest BCUT2D eigenvalue weighted by Gasteiger charge is 2.44. The maximum absolute atomic E-state index is 8.69. The maximum Gasteiger partial charge on any atom is 0.139 e. The van der Waals surface area contributed by atoms with E-state index in [1.54, 1.807) is 0 Å². The predicted octanol–water partition coefficient (Wildman–Crippen LogP) is 2.12. The topological polar surface area (TPSA) is 61.8 Å². The number of hydrogen-bond donors (Lipinski definition) is 2. The Labute approximate surface area is 114 Å². The summed E-state index contributed by atoms with van der Waals surface area (Å²) in [4.78, 5) is 2.57. The monoisotopic (exact) mass is 271 g/mol. The normalized spacial score (nSPS) is 27.8. The number of thioether (sulfide) groups is 1. The van der Waals surface area contributed by atoms with Crippen molar-refractivity contribution in [1.29, 1.82) is 0 Å². The van der Waals surface area contributed by atoms with Gasteiger partial charge in [0.1, 0.15) is 5.84 Å². The van der Waals surface area contributed by atoms with Gasteiger partial charge in [-0.25, -0.2) is 0 Å². The third kappa shape index (κ3) is 3.79. The average Bonchev–Trinajstić information content (AvgIpc) is 3.06. The van der Waals surface area contributed by atoms with Gasteiger partial charge in [-0.05, 0) is 31.2 Å². The van der Waals surface area contributed by atoms with Crippen LogP contribution in [-0.2, 0) is 0 Å². The van der Waals surface area contributed by atoms with Crippen molar-refractivity contribution in [2.75, 3.05) is 25.4 Å². The van der Waals surface area contributed by atoms with Gasteiger partial charge in [0.2, 0.25) is 0 Å². The van der Waals surface area contributed by atoms with Gasteiger partial charge in [0.15, 0.2) is 0 Å². The Kier molecular flexibility index (Phi) is 4.11. The zero-order valence-corrected chi connectivity index (χ0v) is 12.3. The zero-order chi connectivity index (χ0) is 13.2. The molecule has 104 valence electrons. The lowest BCUT2D eigenvalue weighted by atomic mass is 10.0. The van der Waals surface area contributed by atoms with Gasteiger partial charge in [0.25, 0.3) is 0 Å². The largest absolute Gasteiger partial charge is 0.409 e. The summed E-state index contributed by atoms with van der Waals surface area (Å²) in [6.45, 7) is 8.14. The molecule has 0 amide bonds. The number of nitrogens with two attached hydrogens (primary N) is 1. The van der Waals surface area contributed by atoms with Gasteiger partial charge in [-0.2, -0.15) is 11.8 Å². The van der Waals surface area contributed by atoms with Crippen LogP contribution < -0.4 is 5.73 Å². The fourth-order valence-electron chi connectivity index (χ4n) is 2.68. The van der Waals surface area contributed by atoms with Crippen LogP contribution in [0.4, 0.5) is 0 Å². The number of hydrogen-bond acceptors (Lipinski definition) is 4. The van der Waals surface area contributed by atoms with Crippen molar-refractivity contribution < 1.29 is 5.21 Å². The number of amidine groups is 1. The Morgan fingerprint density at radius 2 is 2.06 bits per heavy atom. The van der Waals surface area contributed by atoms with Gasteiger partial charge >= 0.3 is 0 Å². The molecular weight excluding hydrogens is 246 g/mol. The highest BCUT2D eigenvalue weighted by atomic mass is 32.2. The minimum Gasteiger partial charge on any atom is -0.409 e. The van der Waals surface area contributed by atoms with Crippen molar-refractivity contribution in [3.8, 4) is 0 Å². The Bertz CT molecular complexity index is 326. The van der Waals surface area contributed by atoms with Gasteiger partial charge in [-0.15, -0.1) is 0 Å². The minimum atomic E-state index is 0.301. The maximum atomic E-state index is 8.69.